The number of aliphatic hydroxyl groups excluding tert-OH is 1. The van der Waals surface area contributed by atoms with Crippen LogP contribution in [0.5, 0.6) is 11.5 Å². The molecule has 0 heterocycles. The zero-order valence-corrected chi connectivity index (χ0v) is 13.1. The van der Waals surface area contributed by atoms with E-state index in [0.29, 0.717) is 11.7 Å². The van der Waals surface area contributed by atoms with Crippen molar-refractivity contribution in [2.24, 2.45) is 5.92 Å². The monoisotopic (exact) mass is 328 g/mol. The average molecular weight is 329 g/mol. The van der Waals surface area contributed by atoms with E-state index in [1.807, 2.05) is 12.1 Å². The quantitative estimate of drug-likeness (QED) is 0.905. The van der Waals surface area contributed by atoms with Crippen LogP contribution >= 0.6 is 15.9 Å². The normalized spacial score (nSPS) is 18.1. The molecule has 1 atom stereocenters. The van der Waals surface area contributed by atoms with Crippen LogP contribution in [-0.2, 0) is 0 Å². The molecular weight excluding hydrogens is 308 g/mol. The minimum absolute atomic E-state index is 0.336. The van der Waals surface area contributed by atoms with Gasteiger partial charge in [0, 0.05) is 5.56 Å². The molecule has 3 nitrogen and oxygen atoms in total. The second kappa shape index (κ2) is 6.62. The Morgan fingerprint density at radius 1 is 1.16 bits per heavy atom. The van der Waals surface area contributed by atoms with Crippen molar-refractivity contribution in [1.29, 1.82) is 0 Å². The van der Waals surface area contributed by atoms with Gasteiger partial charge < -0.3 is 14.6 Å². The van der Waals surface area contributed by atoms with Crippen LogP contribution in [0.15, 0.2) is 16.6 Å². The Bertz CT molecular complexity index is 428. The molecule has 0 saturated heterocycles. The van der Waals surface area contributed by atoms with Crippen molar-refractivity contribution < 1.29 is 14.6 Å². The molecule has 1 saturated carbocycles. The fourth-order valence-corrected chi connectivity index (χ4v) is 3.54. The molecular formula is C15H21BrO3. The first-order chi connectivity index (χ1) is 9.19. The van der Waals surface area contributed by atoms with E-state index in [0.717, 1.165) is 28.6 Å². The van der Waals surface area contributed by atoms with Gasteiger partial charge in [0.2, 0.25) is 0 Å². The van der Waals surface area contributed by atoms with Crippen LogP contribution in [0.2, 0.25) is 0 Å². The van der Waals surface area contributed by atoms with E-state index in [2.05, 4.69) is 15.9 Å². The summed E-state index contributed by atoms with van der Waals surface area (Å²) in [6.45, 7) is 0. The van der Waals surface area contributed by atoms with Crippen LogP contribution in [-0.4, -0.2) is 19.3 Å². The summed E-state index contributed by atoms with van der Waals surface area (Å²) < 4.78 is 11.5. The van der Waals surface area contributed by atoms with Crippen LogP contribution < -0.4 is 9.47 Å². The third kappa shape index (κ3) is 3.06. The number of methoxy groups -OCH3 is 2. The molecule has 1 aliphatic carbocycles. The van der Waals surface area contributed by atoms with E-state index < -0.39 is 6.10 Å². The SMILES string of the molecule is COc1ccc(C(O)C2CCCCC2)c(OC)c1Br. The lowest BCUT2D eigenvalue weighted by atomic mass is 9.82. The molecule has 1 N–H and O–H groups in total. The van der Waals surface area contributed by atoms with Crippen molar-refractivity contribution in [2.75, 3.05) is 14.2 Å². The molecule has 19 heavy (non-hydrogen) atoms. The predicted octanol–water partition coefficient (Wildman–Crippen LogP) is 4.08. The zero-order valence-electron chi connectivity index (χ0n) is 11.5. The predicted molar refractivity (Wildman–Crippen MR) is 78.8 cm³/mol. The largest absolute Gasteiger partial charge is 0.495 e. The highest BCUT2D eigenvalue weighted by Gasteiger charge is 2.27. The van der Waals surface area contributed by atoms with E-state index in [9.17, 15) is 5.11 Å². The molecule has 1 unspecified atom stereocenters. The Labute approximate surface area is 123 Å². The maximum atomic E-state index is 10.6. The highest BCUT2D eigenvalue weighted by molar-refractivity contribution is 9.10. The van der Waals surface area contributed by atoms with Gasteiger partial charge in [0.15, 0.2) is 0 Å². The van der Waals surface area contributed by atoms with Crippen molar-refractivity contribution in [3.8, 4) is 11.5 Å². The highest BCUT2D eigenvalue weighted by atomic mass is 79.9. The van der Waals surface area contributed by atoms with E-state index in [4.69, 9.17) is 9.47 Å². The second-order valence-electron chi connectivity index (χ2n) is 5.05. The molecule has 1 aliphatic rings. The summed E-state index contributed by atoms with van der Waals surface area (Å²) in [6.07, 6.45) is 5.43. The van der Waals surface area contributed by atoms with Crippen LogP contribution in [0.1, 0.15) is 43.8 Å². The molecule has 1 aromatic rings. The summed E-state index contributed by atoms with van der Waals surface area (Å²) in [7, 11) is 3.24. The summed E-state index contributed by atoms with van der Waals surface area (Å²) in [4.78, 5) is 0. The molecule has 106 valence electrons. The maximum absolute atomic E-state index is 10.6. The van der Waals surface area contributed by atoms with Gasteiger partial charge in [-0.3, -0.25) is 0 Å². The number of hydrogen-bond acceptors (Lipinski definition) is 3. The lowest BCUT2D eigenvalue weighted by Gasteiger charge is -2.28. The smallest absolute Gasteiger partial charge is 0.142 e. The third-order valence-electron chi connectivity index (χ3n) is 3.93. The Morgan fingerprint density at radius 2 is 1.84 bits per heavy atom. The first-order valence-corrected chi connectivity index (χ1v) is 7.56. The number of halogens is 1. The number of aliphatic hydroxyl groups is 1. The van der Waals surface area contributed by atoms with Gasteiger partial charge in [-0.05, 0) is 46.8 Å². The number of ether oxygens (including phenoxy) is 2. The second-order valence-corrected chi connectivity index (χ2v) is 5.84. The Morgan fingerprint density at radius 3 is 2.42 bits per heavy atom. The summed E-state index contributed by atoms with van der Waals surface area (Å²) >= 11 is 3.48. The molecule has 0 amide bonds. The van der Waals surface area contributed by atoms with Crippen molar-refractivity contribution in [3.05, 3.63) is 22.2 Å². The van der Waals surface area contributed by atoms with Crippen LogP contribution in [0.25, 0.3) is 0 Å². The van der Waals surface area contributed by atoms with Gasteiger partial charge in [0.05, 0.1) is 20.3 Å². The van der Waals surface area contributed by atoms with Gasteiger partial charge in [-0.1, -0.05) is 19.3 Å². The fraction of sp³-hybridized carbons (Fsp3) is 0.600. The van der Waals surface area contributed by atoms with Gasteiger partial charge in [-0.2, -0.15) is 0 Å². The first kappa shape index (κ1) is 14.7. The van der Waals surface area contributed by atoms with Crippen molar-refractivity contribution in [3.63, 3.8) is 0 Å². The fourth-order valence-electron chi connectivity index (χ4n) is 2.85. The minimum atomic E-state index is -0.461. The standard InChI is InChI=1S/C15H21BrO3/c1-18-12-9-8-11(15(19-2)13(12)16)14(17)10-6-4-3-5-7-10/h8-10,14,17H,3-7H2,1-2H3. The Kier molecular flexibility index (Phi) is 5.11. The van der Waals surface area contributed by atoms with Gasteiger partial charge in [0.1, 0.15) is 16.0 Å². The number of hydrogen-bond donors (Lipinski definition) is 1. The summed E-state index contributed by atoms with van der Waals surface area (Å²) in [5.41, 5.74) is 0.849. The third-order valence-corrected chi connectivity index (χ3v) is 4.68. The van der Waals surface area contributed by atoms with Gasteiger partial charge in [-0.25, -0.2) is 0 Å². The van der Waals surface area contributed by atoms with Gasteiger partial charge in [-0.15, -0.1) is 0 Å². The lowest BCUT2D eigenvalue weighted by molar-refractivity contribution is 0.0823. The molecule has 0 aliphatic heterocycles. The number of rotatable bonds is 4. The molecule has 4 heteroatoms. The molecule has 0 bridgehead atoms. The topological polar surface area (TPSA) is 38.7 Å². The Hall–Kier alpha value is -0.740. The molecule has 0 radical (unpaired) electrons. The maximum Gasteiger partial charge on any atom is 0.142 e. The van der Waals surface area contributed by atoms with E-state index in [1.54, 1.807) is 14.2 Å². The van der Waals surface area contributed by atoms with E-state index in [-0.39, 0.29) is 0 Å². The summed E-state index contributed by atoms with van der Waals surface area (Å²) in [5, 5.41) is 10.6. The van der Waals surface area contributed by atoms with E-state index >= 15 is 0 Å². The van der Waals surface area contributed by atoms with Crippen molar-refractivity contribution in [2.45, 2.75) is 38.2 Å². The lowest BCUT2D eigenvalue weighted by Crippen LogP contribution is -2.16. The van der Waals surface area contributed by atoms with Gasteiger partial charge in [0.25, 0.3) is 0 Å². The van der Waals surface area contributed by atoms with Crippen molar-refractivity contribution in [1.82, 2.24) is 0 Å². The van der Waals surface area contributed by atoms with E-state index in [1.165, 1.54) is 19.3 Å². The van der Waals surface area contributed by atoms with Crippen molar-refractivity contribution >= 4 is 15.9 Å². The van der Waals surface area contributed by atoms with Crippen LogP contribution in [0.3, 0.4) is 0 Å². The summed E-state index contributed by atoms with van der Waals surface area (Å²) in [6, 6.07) is 3.77. The summed E-state index contributed by atoms with van der Waals surface area (Å²) in [5.74, 6) is 1.73. The average Bonchev–Trinajstić information content (AvgIpc) is 2.47. The molecule has 0 spiro atoms. The first-order valence-electron chi connectivity index (χ1n) is 6.77. The van der Waals surface area contributed by atoms with Gasteiger partial charge >= 0.3 is 0 Å². The highest BCUT2D eigenvalue weighted by Crippen LogP contribution is 2.43. The zero-order chi connectivity index (χ0) is 13.8. The molecule has 0 aromatic heterocycles. The Balaban J connectivity index is 2.30. The molecule has 2 rings (SSSR count). The molecule has 1 aromatic carbocycles. The minimum Gasteiger partial charge on any atom is -0.495 e. The van der Waals surface area contributed by atoms with Crippen LogP contribution in [0, 0.1) is 5.92 Å². The van der Waals surface area contributed by atoms with Crippen LogP contribution in [0.4, 0.5) is 0 Å². The molecule has 1 fully saturated rings. The number of benzene rings is 1.